The van der Waals surface area contributed by atoms with E-state index in [2.05, 4.69) is 41.6 Å². The second-order valence-electron chi connectivity index (χ2n) is 5.75. The predicted molar refractivity (Wildman–Crippen MR) is 84.3 cm³/mol. The third kappa shape index (κ3) is 4.36. The lowest BCUT2D eigenvalue weighted by Gasteiger charge is -2.20. The van der Waals surface area contributed by atoms with Crippen LogP contribution >= 0.6 is 0 Å². The molecule has 21 heavy (non-hydrogen) atoms. The number of nitrogens with zero attached hydrogens (tertiary/aromatic N) is 4. The summed E-state index contributed by atoms with van der Waals surface area (Å²) in [6, 6.07) is 10.1. The minimum absolute atomic E-state index is 0.532. The zero-order valence-electron chi connectivity index (χ0n) is 13.2. The van der Waals surface area contributed by atoms with Crippen LogP contribution in [0.5, 0.6) is 0 Å². The normalized spacial score (nSPS) is 12.8. The van der Waals surface area contributed by atoms with Crippen LogP contribution in [-0.4, -0.2) is 33.3 Å². The van der Waals surface area contributed by atoms with Crippen molar-refractivity contribution in [3.8, 4) is 5.69 Å². The van der Waals surface area contributed by atoms with Crippen LogP contribution in [0.15, 0.2) is 30.3 Å². The minimum Gasteiger partial charge on any atom is -0.316 e. The molecule has 0 amide bonds. The quantitative estimate of drug-likeness (QED) is 0.758. The summed E-state index contributed by atoms with van der Waals surface area (Å²) in [5.41, 5.74) is 1.02. The van der Waals surface area contributed by atoms with Crippen molar-refractivity contribution in [1.29, 1.82) is 0 Å². The maximum Gasteiger partial charge on any atom is 0.157 e. The van der Waals surface area contributed by atoms with Crippen molar-refractivity contribution in [2.45, 2.75) is 33.6 Å². The van der Waals surface area contributed by atoms with Gasteiger partial charge in [-0.1, -0.05) is 39.0 Å². The van der Waals surface area contributed by atoms with Gasteiger partial charge in [0.05, 0.1) is 5.69 Å². The maximum atomic E-state index is 4.22. The molecular weight excluding hydrogens is 262 g/mol. The number of benzene rings is 1. The molecule has 0 saturated carbocycles. The van der Waals surface area contributed by atoms with E-state index in [0.29, 0.717) is 11.8 Å². The van der Waals surface area contributed by atoms with Gasteiger partial charge in [0.15, 0.2) is 5.82 Å². The van der Waals surface area contributed by atoms with Crippen LogP contribution in [0, 0.1) is 11.8 Å². The van der Waals surface area contributed by atoms with E-state index < -0.39 is 0 Å². The first-order valence-electron chi connectivity index (χ1n) is 7.75. The largest absolute Gasteiger partial charge is 0.316 e. The van der Waals surface area contributed by atoms with Gasteiger partial charge < -0.3 is 5.32 Å². The molecule has 5 heteroatoms. The molecule has 0 radical (unpaired) electrons. The van der Waals surface area contributed by atoms with E-state index in [-0.39, 0.29) is 0 Å². The molecule has 1 atom stereocenters. The van der Waals surface area contributed by atoms with E-state index in [9.17, 15) is 0 Å². The van der Waals surface area contributed by atoms with Gasteiger partial charge in [-0.3, -0.25) is 0 Å². The first-order chi connectivity index (χ1) is 10.2. The Morgan fingerprint density at radius 1 is 1.19 bits per heavy atom. The minimum atomic E-state index is 0.532. The highest BCUT2D eigenvalue weighted by Gasteiger charge is 2.18. The SMILES string of the molecule is CCCNCC(Cc1nnnn1-c1ccccc1)C(C)C. The zero-order chi connectivity index (χ0) is 15.1. The van der Waals surface area contributed by atoms with Crippen LogP contribution in [0.2, 0.25) is 0 Å². The van der Waals surface area contributed by atoms with Gasteiger partial charge in [-0.15, -0.1) is 5.10 Å². The Morgan fingerprint density at radius 2 is 1.95 bits per heavy atom. The van der Waals surface area contributed by atoms with Crippen molar-refractivity contribution in [2.75, 3.05) is 13.1 Å². The summed E-state index contributed by atoms with van der Waals surface area (Å²) < 4.78 is 1.84. The van der Waals surface area contributed by atoms with Gasteiger partial charge in [0.2, 0.25) is 0 Å². The molecule has 114 valence electrons. The summed E-state index contributed by atoms with van der Waals surface area (Å²) in [6.45, 7) is 8.78. The van der Waals surface area contributed by atoms with Crippen LogP contribution in [0.25, 0.3) is 5.69 Å². The van der Waals surface area contributed by atoms with Gasteiger partial charge in [0.1, 0.15) is 0 Å². The van der Waals surface area contributed by atoms with Crippen LogP contribution < -0.4 is 5.32 Å². The number of para-hydroxylation sites is 1. The van der Waals surface area contributed by atoms with Crippen LogP contribution in [0.4, 0.5) is 0 Å². The third-order valence-electron chi connectivity index (χ3n) is 3.76. The molecule has 0 aliphatic rings. The molecule has 5 nitrogen and oxygen atoms in total. The van der Waals surface area contributed by atoms with E-state index in [1.54, 1.807) is 0 Å². The van der Waals surface area contributed by atoms with Crippen molar-refractivity contribution in [3.05, 3.63) is 36.2 Å². The first-order valence-corrected chi connectivity index (χ1v) is 7.75. The number of rotatable bonds is 8. The van der Waals surface area contributed by atoms with Gasteiger partial charge in [0.25, 0.3) is 0 Å². The lowest BCUT2D eigenvalue weighted by molar-refractivity contribution is 0.353. The molecule has 0 saturated heterocycles. The average Bonchev–Trinajstić information content (AvgIpc) is 2.95. The summed E-state index contributed by atoms with van der Waals surface area (Å²) in [5.74, 6) is 2.05. The molecule has 0 aliphatic heterocycles. The molecule has 0 bridgehead atoms. The lowest BCUT2D eigenvalue weighted by atomic mass is 9.92. The van der Waals surface area contributed by atoms with Crippen LogP contribution in [0.3, 0.4) is 0 Å². The Kier molecular flexibility index (Phi) is 5.87. The number of nitrogens with one attached hydrogen (secondary N) is 1. The molecule has 0 aliphatic carbocycles. The molecule has 1 N–H and O–H groups in total. The fraction of sp³-hybridized carbons (Fsp3) is 0.562. The second-order valence-corrected chi connectivity index (χ2v) is 5.75. The topological polar surface area (TPSA) is 55.6 Å². The molecule has 2 aromatic rings. The number of aromatic nitrogens is 4. The van der Waals surface area contributed by atoms with Gasteiger partial charge >= 0.3 is 0 Å². The maximum absolute atomic E-state index is 4.22. The molecule has 1 heterocycles. The van der Waals surface area contributed by atoms with Gasteiger partial charge in [-0.05, 0) is 53.9 Å². The van der Waals surface area contributed by atoms with Crippen LogP contribution in [-0.2, 0) is 6.42 Å². The Labute approximate surface area is 126 Å². The summed E-state index contributed by atoms with van der Waals surface area (Å²) in [5, 5.41) is 15.7. The monoisotopic (exact) mass is 287 g/mol. The summed E-state index contributed by atoms with van der Waals surface area (Å²) in [6.07, 6.45) is 2.04. The molecular formula is C16H25N5. The fourth-order valence-electron chi connectivity index (χ4n) is 2.35. The van der Waals surface area contributed by atoms with Gasteiger partial charge in [-0.2, -0.15) is 4.68 Å². The van der Waals surface area contributed by atoms with E-state index in [1.807, 2.05) is 35.0 Å². The van der Waals surface area contributed by atoms with E-state index >= 15 is 0 Å². The van der Waals surface area contributed by atoms with E-state index in [1.165, 1.54) is 0 Å². The van der Waals surface area contributed by atoms with Crippen molar-refractivity contribution < 1.29 is 0 Å². The summed E-state index contributed by atoms with van der Waals surface area (Å²) in [4.78, 5) is 0. The predicted octanol–water partition coefficient (Wildman–Crippen LogP) is 2.48. The Morgan fingerprint density at radius 3 is 2.62 bits per heavy atom. The third-order valence-corrected chi connectivity index (χ3v) is 3.76. The molecule has 0 fully saturated rings. The Bertz CT molecular complexity index is 520. The van der Waals surface area contributed by atoms with Gasteiger partial charge in [0, 0.05) is 6.42 Å². The first kappa shape index (κ1) is 15.6. The number of hydrogen-bond donors (Lipinski definition) is 1. The highest BCUT2D eigenvalue weighted by Crippen LogP contribution is 2.17. The van der Waals surface area contributed by atoms with Crippen molar-refractivity contribution in [3.63, 3.8) is 0 Å². The van der Waals surface area contributed by atoms with E-state index in [4.69, 9.17) is 0 Å². The Hall–Kier alpha value is -1.75. The van der Waals surface area contributed by atoms with Crippen molar-refractivity contribution >= 4 is 0 Å². The highest BCUT2D eigenvalue weighted by atomic mass is 15.5. The smallest absolute Gasteiger partial charge is 0.157 e. The molecule has 0 spiro atoms. The summed E-state index contributed by atoms with van der Waals surface area (Å²) >= 11 is 0. The average molecular weight is 287 g/mol. The number of tetrazole rings is 1. The standard InChI is InChI=1S/C16H25N5/c1-4-10-17-12-14(13(2)3)11-16-18-19-20-21(16)15-8-6-5-7-9-15/h5-9,13-14,17H,4,10-12H2,1-3H3. The second kappa shape index (κ2) is 7.88. The lowest BCUT2D eigenvalue weighted by Crippen LogP contribution is -2.29. The summed E-state index contributed by atoms with van der Waals surface area (Å²) in [7, 11) is 0. The molecule has 1 aromatic carbocycles. The van der Waals surface area contributed by atoms with E-state index in [0.717, 1.165) is 37.4 Å². The fourth-order valence-corrected chi connectivity index (χ4v) is 2.35. The zero-order valence-corrected chi connectivity index (χ0v) is 13.2. The number of hydrogen-bond acceptors (Lipinski definition) is 4. The van der Waals surface area contributed by atoms with Crippen molar-refractivity contribution in [1.82, 2.24) is 25.5 Å². The molecule has 1 aromatic heterocycles. The Balaban J connectivity index is 2.09. The highest BCUT2D eigenvalue weighted by molar-refractivity contribution is 5.30. The van der Waals surface area contributed by atoms with Crippen LogP contribution in [0.1, 0.15) is 33.0 Å². The van der Waals surface area contributed by atoms with Gasteiger partial charge in [-0.25, -0.2) is 0 Å². The molecule has 2 rings (SSSR count). The molecule has 1 unspecified atom stereocenters. The van der Waals surface area contributed by atoms with Crippen molar-refractivity contribution in [2.24, 2.45) is 11.8 Å².